The predicted molar refractivity (Wildman–Crippen MR) is 151 cm³/mol. The number of benzene rings is 1. The highest BCUT2D eigenvalue weighted by Crippen LogP contribution is 2.32. The summed E-state index contributed by atoms with van der Waals surface area (Å²) >= 11 is 1.59. The van der Waals surface area contributed by atoms with Crippen molar-refractivity contribution in [2.24, 2.45) is 5.92 Å². The van der Waals surface area contributed by atoms with Crippen LogP contribution in [0.4, 0.5) is 4.39 Å². The SMILES string of the molecule is C=C(F)C1=C(/C=C\C)CN(C(C(=O)N2CCCC2C(=O)NCc2ccc(-c3scnc3C)cc2)C(C)C)C1=O. The first kappa shape index (κ1) is 28.4. The van der Waals surface area contributed by atoms with E-state index in [1.807, 2.05) is 50.5 Å². The van der Waals surface area contributed by atoms with E-state index in [0.29, 0.717) is 31.5 Å². The van der Waals surface area contributed by atoms with Gasteiger partial charge in [0.05, 0.1) is 21.7 Å². The molecule has 0 saturated carbocycles. The Labute approximate surface area is 233 Å². The highest BCUT2D eigenvalue weighted by Gasteiger charge is 2.44. The summed E-state index contributed by atoms with van der Waals surface area (Å²) in [6, 6.07) is 6.56. The number of rotatable bonds is 9. The van der Waals surface area contributed by atoms with Gasteiger partial charge >= 0.3 is 0 Å². The number of aryl methyl sites for hydroxylation is 1. The van der Waals surface area contributed by atoms with Crippen molar-refractivity contribution in [1.29, 1.82) is 0 Å². The minimum atomic E-state index is -0.814. The third kappa shape index (κ3) is 5.88. The van der Waals surface area contributed by atoms with E-state index in [4.69, 9.17) is 0 Å². The highest BCUT2D eigenvalue weighted by atomic mass is 32.1. The minimum Gasteiger partial charge on any atom is -0.350 e. The molecule has 3 amide bonds. The van der Waals surface area contributed by atoms with E-state index in [2.05, 4.69) is 16.9 Å². The zero-order valence-corrected chi connectivity index (χ0v) is 23.7. The van der Waals surface area contributed by atoms with Gasteiger partial charge in [-0.05, 0) is 49.3 Å². The van der Waals surface area contributed by atoms with E-state index in [1.54, 1.807) is 35.3 Å². The molecule has 39 heavy (non-hydrogen) atoms. The third-order valence-corrected chi connectivity index (χ3v) is 8.24. The number of allylic oxidation sites excluding steroid dienone is 1. The maximum atomic E-state index is 14.2. The molecule has 4 rings (SSSR count). The smallest absolute Gasteiger partial charge is 0.258 e. The van der Waals surface area contributed by atoms with Crippen LogP contribution in [-0.4, -0.2) is 57.7 Å². The Bertz CT molecular complexity index is 1330. The first-order chi connectivity index (χ1) is 18.6. The Kier molecular flexibility index (Phi) is 8.80. The van der Waals surface area contributed by atoms with Crippen LogP contribution in [0.2, 0.25) is 0 Å². The molecule has 2 aliphatic rings. The second-order valence-electron chi connectivity index (χ2n) is 10.3. The summed E-state index contributed by atoms with van der Waals surface area (Å²) in [7, 11) is 0. The lowest BCUT2D eigenvalue weighted by atomic mass is 10.00. The molecule has 2 atom stereocenters. The molecule has 1 fully saturated rings. The van der Waals surface area contributed by atoms with Crippen molar-refractivity contribution in [3.63, 3.8) is 0 Å². The lowest BCUT2D eigenvalue weighted by molar-refractivity contribution is -0.147. The Balaban J connectivity index is 1.44. The van der Waals surface area contributed by atoms with Crippen molar-refractivity contribution in [2.75, 3.05) is 13.1 Å². The van der Waals surface area contributed by atoms with E-state index < -0.39 is 23.8 Å². The molecule has 2 aromatic rings. The molecule has 1 aromatic heterocycles. The average molecular weight is 551 g/mol. The first-order valence-corrected chi connectivity index (χ1v) is 14.1. The summed E-state index contributed by atoms with van der Waals surface area (Å²) in [6.45, 7) is 11.7. The van der Waals surface area contributed by atoms with E-state index >= 15 is 0 Å². The van der Waals surface area contributed by atoms with Gasteiger partial charge < -0.3 is 15.1 Å². The van der Waals surface area contributed by atoms with Gasteiger partial charge in [0.1, 0.15) is 17.9 Å². The van der Waals surface area contributed by atoms with E-state index in [0.717, 1.165) is 21.7 Å². The highest BCUT2D eigenvalue weighted by molar-refractivity contribution is 7.13. The van der Waals surface area contributed by atoms with Gasteiger partial charge in [-0.1, -0.05) is 56.8 Å². The number of carbonyl (C=O) groups excluding carboxylic acids is 3. The van der Waals surface area contributed by atoms with Gasteiger partial charge in [-0.15, -0.1) is 11.3 Å². The molecular formula is C30H35FN4O3S. The number of carbonyl (C=O) groups is 3. The topological polar surface area (TPSA) is 82.6 Å². The number of nitrogens with one attached hydrogen (secondary N) is 1. The van der Waals surface area contributed by atoms with Crippen molar-refractivity contribution in [2.45, 2.75) is 59.2 Å². The van der Waals surface area contributed by atoms with Crippen LogP contribution in [0.25, 0.3) is 10.4 Å². The van der Waals surface area contributed by atoms with Crippen molar-refractivity contribution < 1.29 is 18.8 Å². The van der Waals surface area contributed by atoms with Crippen molar-refractivity contribution >= 4 is 29.1 Å². The summed E-state index contributed by atoms with van der Waals surface area (Å²) in [4.78, 5) is 48.6. The number of hydrogen-bond donors (Lipinski definition) is 1. The van der Waals surface area contributed by atoms with E-state index in [9.17, 15) is 18.8 Å². The van der Waals surface area contributed by atoms with Crippen LogP contribution in [0.15, 0.2) is 65.5 Å². The van der Waals surface area contributed by atoms with Crippen molar-refractivity contribution in [3.05, 3.63) is 76.7 Å². The van der Waals surface area contributed by atoms with Gasteiger partial charge in [-0.2, -0.15) is 0 Å². The number of likely N-dealkylation sites (tertiary alicyclic amines) is 1. The Hall–Kier alpha value is -3.59. The number of halogens is 1. The quantitative estimate of drug-likeness (QED) is 0.479. The molecule has 0 bridgehead atoms. The summed E-state index contributed by atoms with van der Waals surface area (Å²) in [5.74, 6) is -2.08. The molecule has 9 heteroatoms. The summed E-state index contributed by atoms with van der Waals surface area (Å²) in [5, 5.41) is 2.98. The lowest BCUT2D eigenvalue weighted by Crippen LogP contribution is -2.56. The molecule has 1 N–H and O–H groups in total. The largest absolute Gasteiger partial charge is 0.350 e. The van der Waals surface area contributed by atoms with Gasteiger partial charge in [0.25, 0.3) is 5.91 Å². The molecule has 0 spiro atoms. The normalized spacial score (nSPS) is 18.5. The van der Waals surface area contributed by atoms with E-state index in [1.165, 1.54) is 4.90 Å². The fourth-order valence-electron chi connectivity index (χ4n) is 5.38. The number of aromatic nitrogens is 1. The average Bonchev–Trinajstić information content (AvgIpc) is 3.62. The van der Waals surface area contributed by atoms with Crippen LogP contribution in [0.3, 0.4) is 0 Å². The monoisotopic (exact) mass is 550 g/mol. The zero-order chi connectivity index (χ0) is 28.3. The van der Waals surface area contributed by atoms with Gasteiger partial charge in [0.2, 0.25) is 11.8 Å². The Morgan fingerprint density at radius 1 is 1.28 bits per heavy atom. The molecule has 0 aliphatic carbocycles. The predicted octanol–water partition coefficient (Wildman–Crippen LogP) is 4.95. The molecule has 206 valence electrons. The number of thiazole rings is 1. The number of amides is 3. The van der Waals surface area contributed by atoms with Crippen LogP contribution < -0.4 is 5.32 Å². The van der Waals surface area contributed by atoms with Crippen molar-refractivity contribution in [1.82, 2.24) is 20.1 Å². The van der Waals surface area contributed by atoms with Gasteiger partial charge in [-0.3, -0.25) is 14.4 Å². The summed E-state index contributed by atoms with van der Waals surface area (Å²) < 4.78 is 14.2. The van der Waals surface area contributed by atoms with Gasteiger partial charge in [0.15, 0.2) is 0 Å². The van der Waals surface area contributed by atoms with Crippen molar-refractivity contribution in [3.8, 4) is 10.4 Å². The van der Waals surface area contributed by atoms with Gasteiger partial charge in [0, 0.05) is 19.6 Å². The molecular weight excluding hydrogens is 515 g/mol. The Morgan fingerprint density at radius 2 is 2.00 bits per heavy atom. The van der Waals surface area contributed by atoms with Crippen LogP contribution in [0.1, 0.15) is 44.9 Å². The molecule has 3 heterocycles. The van der Waals surface area contributed by atoms with Crippen LogP contribution in [0, 0.1) is 12.8 Å². The fourth-order valence-corrected chi connectivity index (χ4v) is 6.19. The number of hydrogen-bond acceptors (Lipinski definition) is 5. The van der Waals surface area contributed by atoms with Crippen LogP contribution in [0.5, 0.6) is 0 Å². The molecule has 2 aliphatic heterocycles. The fraction of sp³-hybridized carbons (Fsp3) is 0.400. The second-order valence-corrected chi connectivity index (χ2v) is 11.2. The standard InChI is InChI=1S/C30H35FN4O3S/c1-6-8-23-16-35(29(37)25(23)19(4)31)26(18(2)3)30(38)34-14-7-9-24(34)28(36)32-15-21-10-12-22(13-11-21)27-20(5)33-17-39-27/h6,8,10-13,17-18,24,26H,4,7,9,14-16H2,1-3,5H3,(H,32,36)/b8-6-. The maximum absolute atomic E-state index is 14.2. The van der Waals surface area contributed by atoms with Gasteiger partial charge in [-0.25, -0.2) is 9.37 Å². The second kappa shape index (κ2) is 12.1. The Morgan fingerprint density at radius 3 is 2.59 bits per heavy atom. The van der Waals surface area contributed by atoms with Crippen LogP contribution in [-0.2, 0) is 20.9 Å². The molecule has 1 aromatic carbocycles. The lowest BCUT2D eigenvalue weighted by Gasteiger charge is -2.35. The van der Waals surface area contributed by atoms with E-state index in [-0.39, 0.29) is 29.9 Å². The van der Waals surface area contributed by atoms with Crippen LogP contribution >= 0.6 is 11.3 Å². The summed E-state index contributed by atoms with van der Waals surface area (Å²) in [5.41, 5.74) is 5.27. The zero-order valence-electron chi connectivity index (χ0n) is 22.9. The molecule has 1 saturated heterocycles. The molecule has 2 unspecified atom stereocenters. The molecule has 7 nitrogen and oxygen atoms in total. The molecule has 0 radical (unpaired) electrons. The maximum Gasteiger partial charge on any atom is 0.258 e. The number of nitrogens with zero attached hydrogens (tertiary/aromatic N) is 3. The first-order valence-electron chi connectivity index (χ1n) is 13.2. The minimum absolute atomic E-state index is 0.0845. The summed E-state index contributed by atoms with van der Waals surface area (Å²) in [6.07, 6.45) is 4.65. The third-order valence-electron chi connectivity index (χ3n) is 7.26.